The first-order valence-corrected chi connectivity index (χ1v) is 5.55. The second kappa shape index (κ2) is 4.88. The number of rotatable bonds is 3. The zero-order chi connectivity index (χ0) is 14.1. The van der Waals surface area contributed by atoms with Crippen LogP contribution >= 0.6 is 0 Å². The molecule has 5 heteroatoms. The van der Waals surface area contributed by atoms with Crippen molar-refractivity contribution in [3.63, 3.8) is 0 Å². The predicted octanol–water partition coefficient (Wildman–Crippen LogP) is 3.73. The number of hydrogen-bond acceptors (Lipinski definition) is 1. The average Bonchev–Trinajstić information content (AvgIpc) is 2.19. The van der Waals surface area contributed by atoms with Gasteiger partial charge in [-0.05, 0) is 42.0 Å². The topological polar surface area (TPSA) is 20.2 Å². The Labute approximate surface area is 103 Å². The zero-order valence-corrected chi connectivity index (χ0v) is 10.5. The molecule has 1 atom stereocenters. The van der Waals surface area contributed by atoms with Crippen LogP contribution < -0.4 is 0 Å². The van der Waals surface area contributed by atoms with Crippen LogP contribution in [0.15, 0.2) is 18.2 Å². The quantitative estimate of drug-likeness (QED) is 0.825. The molecule has 1 N–H and O–H groups in total. The molecule has 1 rings (SSSR count). The monoisotopic (exact) mass is 264 g/mol. The van der Waals surface area contributed by atoms with Gasteiger partial charge in [-0.1, -0.05) is 19.9 Å². The van der Waals surface area contributed by atoms with Crippen molar-refractivity contribution in [1.82, 2.24) is 0 Å². The van der Waals surface area contributed by atoms with Crippen LogP contribution in [0.25, 0.3) is 0 Å². The Morgan fingerprint density at radius 2 is 1.78 bits per heavy atom. The van der Waals surface area contributed by atoms with E-state index in [4.69, 9.17) is 5.11 Å². The van der Waals surface area contributed by atoms with Crippen molar-refractivity contribution in [2.75, 3.05) is 0 Å². The molecule has 1 aromatic carbocycles. The lowest BCUT2D eigenvalue weighted by molar-refractivity contribution is -0.208. The summed E-state index contributed by atoms with van der Waals surface area (Å²) in [7, 11) is 0. The maximum Gasteiger partial charge on any atom is 0.414 e. The van der Waals surface area contributed by atoms with Crippen LogP contribution in [0.2, 0.25) is 0 Å². The molecule has 0 aromatic heterocycles. The van der Waals surface area contributed by atoms with E-state index in [9.17, 15) is 17.6 Å². The molecule has 102 valence electrons. The van der Waals surface area contributed by atoms with Gasteiger partial charge >= 0.3 is 6.18 Å². The summed E-state index contributed by atoms with van der Waals surface area (Å²) in [5.41, 5.74) is 0.225. The maximum atomic E-state index is 13.2. The minimum Gasteiger partial charge on any atom is -0.384 e. The molecular formula is C13H16F4O. The summed E-state index contributed by atoms with van der Waals surface area (Å²) in [5, 5.41) is 9.12. The summed E-state index contributed by atoms with van der Waals surface area (Å²) in [6, 6.07) is 4.00. The Morgan fingerprint density at radius 1 is 1.22 bits per heavy atom. The number of hydrogen-bond donors (Lipinski definition) is 1. The molecule has 0 fully saturated rings. The second-order valence-corrected chi connectivity index (χ2v) is 5.10. The van der Waals surface area contributed by atoms with Crippen LogP contribution in [0.4, 0.5) is 17.6 Å². The van der Waals surface area contributed by atoms with Gasteiger partial charge in [-0.25, -0.2) is 4.39 Å². The van der Waals surface area contributed by atoms with E-state index in [1.807, 2.05) is 0 Å². The minimum atomic E-state index is -4.65. The molecule has 1 nitrogen and oxygen atoms in total. The summed E-state index contributed by atoms with van der Waals surface area (Å²) in [4.78, 5) is 0. The molecule has 1 aromatic rings. The first-order chi connectivity index (χ1) is 8.04. The maximum absolute atomic E-state index is 13.2. The van der Waals surface area contributed by atoms with Gasteiger partial charge < -0.3 is 5.11 Å². The van der Waals surface area contributed by atoms with Crippen molar-refractivity contribution >= 4 is 0 Å². The summed E-state index contributed by atoms with van der Waals surface area (Å²) in [6.07, 6.45) is -7.56. The highest BCUT2D eigenvalue weighted by atomic mass is 19.4. The largest absolute Gasteiger partial charge is 0.414 e. The van der Waals surface area contributed by atoms with Gasteiger partial charge in [0.1, 0.15) is 5.82 Å². The predicted molar refractivity (Wildman–Crippen MR) is 60.8 cm³/mol. The van der Waals surface area contributed by atoms with Crippen LogP contribution in [0.1, 0.15) is 31.4 Å². The first kappa shape index (κ1) is 15.0. The Bertz CT molecular complexity index is 423. The van der Waals surface area contributed by atoms with E-state index >= 15 is 0 Å². The van der Waals surface area contributed by atoms with Gasteiger partial charge in [0.2, 0.25) is 0 Å². The summed E-state index contributed by atoms with van der Waals surface area (Å²) >= 11 is 0. The summed E-state index contributed by atoms with van der Waals surface area (Å²) < 4.78 is 50.2. The van der Waals surface area contributed by atoms with Gasteiger partial charge in [-0.2, -0.15) is 13.2 Å². The van der Waals surface area contributed by atoms with E-state index < -0.39 is 29.9 Å². The molecule has 0 saturated heterocycles. The Hall–Kier alpha value is -1.10. The fourth-order valence-corrected chi connectivity index (χ4v) is 2.03. The van der Waals surface area contributed by atoms with Crippen molar-refractivity contribution in [3.8, 4) is 0 Å². The molecule has 0 amide bonds. The summed E-state index contributed by atoms with van der Waals surface area (Å²) in [6.45, 7) is 4.82. The van der Waals surface area contributed by atoms with Gasteiger partial charge in [0.25, 0.3) is 0 Å². The second-order valence-electron chi connectivity index (χ2n) is 5.10. The van der Waals surface area contributed by atoms with Crippen molar-refractivity contribution in [3.05, 3.63) is 35.1 Å². The Balaban J connectivity index is 3.02. The minimum absolute atomic E-state index is 0.478. The third-order valence-corrected chi connectivity index (χ3v) is 3.01. The highest BCUT2D eigenvalue weighted by Crippen LogP contribution is 2.35. The van der Waals surface area contributed by atoms with Gasteiger partial charge in [0, 0.05) is 0 Å². The van der Waals surface area contributed by atoms with E-state index in [-0.39, 0.29) is 0 Å². The summed E-state index contributed by atoms with van der Waals surface area (Å²) in [5.74, 6) is -0.495. The highest BCUT2D eigenvalue weighted by Gasteiger charge is 2.42. The van der Waals surface area contributed by atoms with E-state index in [0.717, 1.165) is 0 Å². The number of aliphatic hydroxyl groups is 1. The fraction of sp³-hybridized carbons (Fsp3) is 0.538. The van der Waals surface area contributed by atoms with Crippen LogP contribution in [0.5, 0.6) is 0 Å². The van der Waals surface area contributed by atoms with E-state index in [1.54, 1.807) is 20.8 Å². The molecule has 0 radical (unpaired) electrons. The number of aryl methyl sites for hydroxylation is 1. The molecule has 0 aliphatic heterocycles. The van der Waals surface area contributed by atoms with Gasteiger partial charge in [-0.15, -0.1) is 0 Å². The lowest BCUT2D eigenvalue weighted by Gasteiger charge is -2.30. The molecule has 18 heavy (non-hydrogen) atoms. The van der Waals surface area contributed by atoms with Crippen molar-refractivity contribution in [2.45, 2.75) is 44.9 Å². The lowest BCUT2D eigenvalue weighted by Crippen LogP contribution is -2.35. The Morgan fingerprint density at radius 3 is 2.28 bits per heavy atom. The first-order valence-electron chi connectivity index (χ1n) is 5.55. The standard InChI is InChI=1S/C13H16F4O/c1-8-4-5-9(14)6-10(8)12(2,3)7-11(18)13(15,16)17/h4-6,11,18H,7H2,1-3H3. The highest BCUT2D eigenvalue weighted by molar-refractivity contribution is 5.33. The van der Waals surface area contributed by atoms with Gasteiger partial charge in [0.15, 0.2) is 6.10 Å². The zero-order valence-electron chi connectivity index (χ0n) is 10.5. The van der Waals surface area contributed by atoms with E-state index in [0.29, 0.717) is 11.1 Å². The van der Waals surface area contributed by atoms with Crippen molar-refractivity contribution < 1.29 is 22.7 Å². The van der Waals surface area contributed by atoms with Crippen LogP contribution in [0.3, 0.4) is 0 Å². The van der Waals surface area contributed by atoms with Crippen LogP contribution in [-0.4, -0.2) is 17.4 Å². The van der Waals surface area contributed by atoms with E-state index in [1.165, 1.54) is 18.2 Å². The lowest BCUT2D eigenvalue weighted by atomic mass is 9.77. The number of benzene rings is 1. The average molecular weight is 264 g/mol. The molecular weight excluding hydrogens is 248 g/mol. The van der Waals surface area contributed by atoms with Crippen molar-refractivity contribution in [1.29, 1.82) is 0 Å². The molecule has 0 heterocycles. The third-order valence-electron chi connectivity index (χ3n) is 3.01. The normalized spacial score (nSPS) is 14.7. The molecule has 0 bridgehead atoms. The number of halogens is 4. The molecule has 0 aliphatic rings. The third kappa shape index (κ3) is 3.45. The van der Waals surface area contributed by atoms with Crippen LogP contribution in [0, 0.1) is 12.7 Å². The molecule has 0 aliphatic carbocycles. The van der Waals surface area contributed by atoms with Crippen molar-refractivity contribution in [2.24, 2.45) is 0 Å². The number of aliphatic hydroxyl groups excluding tert-OH is 1. The van der Waals surface area contributed by atoms with Crippen LogP contribution in [-0.2, 0) is 5.41 Å². The number of alkyl halides is 3. The molecule has 0 spiro atoms. The van der Waals surface area contributed by atoms with Gasteiger partial charge in [-0.3, -0.25) is 0 Å². The molecule has 0 saturated carbocycles. The fourth-order valence-electron chi connectivity index (χ4n) is 2.03. The smallest absolute Gasteiger partial charge is 0.384 e. The van der Waals surface area contributed by atoms with Gasteiger partial charge in [0.05, 0.1) is 0 Å². The van der Waals surface area contributed by atoms with E-state index in [2.05, 4.69) is 0 Å². The SMILES string of the molecule is Cc1ccc(F)cc1C(C)(C)CC(O)C(F)(F)F. The Kier molecular flexibility index (Phi) is 4.05. The molecule has 1 unspecified atom stereocenters.